The van der Waals surface area contributed by atoms with Crippen molar-refractivity contribution in [3.8, 4) is 23.6 Å². The van der Waals surface area contributed by atoms with Gasteiger partial charge >= 0.3 is 5.97 Å². The van der Waals surface area contributed by atoms with E-state index in [1.165, 1.54) is 5.69 Å². The number of esters is 1. The predicted octanol–water partition coefficient (Wildman–Crippen LogP) is 6.25. The van der Waals surface area contributed by atoms with E-state index in [9.17, 15) is 14.0 Å². The largest absolute Gasteiger partial charge is 0.466 e. The third-order valence-electron chi connectivity index (χ3n) is 10.2. The van der Waals surface area contributed by atoms with Crippen LogP contribution in [0.3, 0.4) is 0 Å². The van der Waals surface area contributed by atoms with Gasteiger partial charge in [-0.3, -0.25) is 14.5 Å². The highest BCUT2D eigenvalue weighted by atomic mass is 19.1. The minimum Gasteiger partial charge on any atom is -0.466 e. The molecular formula is C38H47FN4O3. The molecule has 0 bridgehead atoms. The number of piperidine rings is 1. The molecule has 6 rings (SSSR count). The summed E-state index contributed by atoms with van der Waals surface area (Å²) in [6.45, 7) is 17.3. The smallest absolute Gasteiger partial charge is 0.308 e. The molecule has 46 heavy (non-hydrogen) atoms. The molecular weight excluding hydrogens is 579 g/mol. The number of carbonyl (C=O) groups excluding carboxylic acids is 2. The highest BCUT2D eigenvalue weighted by Gasteiger charge is 2.62. The molecule has 1 saturated heterocycles. The lowest BCUT2D eigenvalue weighted by atomic mass is 9.90. The van der Waals surface area contributed by atoms with Gasteiger partial charge in [0.15, 0.2) is 0 Å². The highest BCUT2D eigenvalue weighted by molar-refractivity contribution is 5.93. The van der Waals surface area contributed by atoms with Crippen LogP contribution in [0.5, 0.6) is 0 Å². The summed E-state index contributed by atoms with van der Waals surface area (Å²) in [6, 6.07) is 15.4. The van der Waals surface area contributed by atoms with E-state index >= 15 is 0 Å². The maximum absolute atomic E-state index is 14.8. The summed E-state index contributed by atoms with van der Waals surface area (Å²) < 4.78 is 22.1. The Hall–Kier alpha value is -4.09. The van der Waals surface area contributed by atoms with Crippen LogP contribution < -0.4 is 5.32 Å². The fraction of sp³-hybridized carbons (Fsp3) is 0.474. The fourth-order valence-corrected chi connectivity index (χ4v) is 7.38. The van der Waals surface area contributed by atoms with Crippen molar-refractivity contribution in [3.63, 3.8) is 0 Å². The molecule has 2 fully saturated rings. The van der Waals surface area contributed by atoms with Gasteiger partial charge in [-0.15, -0.1) is 0 Å². The zero-order chi connectivity index (χ0) is 33.3. The van der Waals surface area contributed by atoms with Crippen LogP contribution in [0.4, 0.5) is 4.39 Å². The van der Waals surface area contributed by atoms with Crippen LogP contribution in [0.2, 0.25) is 0 Å². The van der Waals surface area contributed by atoms with Gasteiger partial charge < -0.3 is 19.5 Å². The van der Waals surface area contributed by atoms with E-state index in [1.807, 2.05) is 44.2 Å². The topological polar surface area (TPSA) is 66.8 Å². The number of benzene rings is 2. The van der Waals surface area contributed by atoms with Gasteiger partial charge in [0.05, 0.1) is 19.1 Å². The Morgan fingerprint density at radius 2 is 1.74 bits per heavy atom. The summed E-state index contributed by atoms with van der Waals surface area (Å²) in [6.07, 6.45) is 5.33. The Morgan fingerprint density at radius 3 is 2.37 bits per heavy atom. The van der Waals surface area contributed by atoms with Crippen molar-refractivity contribution >= 4 is 11.9 Å². The summed E-state index contributed by atoms with van der Waals surface area (Å²) in [5, 5.41) is 2.75. The van der Waals surface area contributed by atoms with Crippen LogP contribution in [0.15, 0.2) is 42.5 Å². The normalized spacial score (nSPS) is 20.0. The lowest BCUT2D eigenvalue weighted by molar-refractivity contribution is -0.143. The van der Waals surface area contributed by atoms with Gasteiger partial charge in [0.1, 0.15) is 11.5 Å². The number of rotatable bonds is 7. The van der Waals surface area contributed by atoms with Crippen molar-refractivity contribution in [2.45, 2.75) is 67.1 Å². The highest BCUT2D eigenvalue weighted by Crippen LogP contribution is 2.62. The third-order valence-corrected chi connectivity index (χ3v) is 10.2. The minimum absolute atomic E-state index is 0.0371. The summed E-state index contributed by atoms with van der Waals surface area (Å²) in [4.78, 5) is 29.0. The molecule has 0 radical (unpaired) electrons. The summed E-state index contributed by atoms with van der Waals surface area (Å²) in [7, 11) is 2.13. The van der Waals surface area contributed by atoms with Gasteiger partial charge in [0.2, 0.25) is 0 Å². The number of likely N-dealkylation sites (tertiary alicyclic amines) is 1. The maximum Gasteiger partial charge on any atom is 0.308 e. The number of hydrogen-bond acceptors (Lipinski definition) is 5. The van der Waals surface area contributed by atoms with Gasteiger partial charge in [-0.05, 0) is 104 Å². The number of ether oxygens (including phenoxy) is 1. The first kappa shape index (κ1) is 33.3. The zero-order valence-electron chi connectivity index (χ0n) is 28.2. The van der Waals surface area contributed by atoms with E-state index in [1.54, 1.807) is 19.9 Å². The van der Waals surface area contributed by atoms with Gasteiger partial charge in [-0.2, -0.15) is 0 Å². The van der Waals surface area contributed by atoms with E-state index in [0.29, 0.717) is 16.5 Å². The van der Waals surface area contributed by atoms with E-state index in [4.69, 9.17) is 11.2 Å². The Kier molecular flexibility index (Phi) is 9.65. The number of hydrogen-bond donors (Lipinski definition) is 1. The predicted molar refractivity (Wildman–Crippen MR) is 179 cm³/mol. The number of terminal acetylenes is 1. The van der Waals surface area contributed by atoms with Crippen LogP contribution in [-0.2, 0) is 22.6 Å². The monoisotopic (exact) mass is 626 g/mol. The Balaban J connectivity index is 0.000000186. The first-order chi connectivity index (χ1) is 21.9. The number of aromatic nitrogens is 1. The molecule has 2 aliphatic heterocycles. The van der Waals surface area contributed by atoms with Crippen LogP contribution >= 0.6 is 0 Å². The molecule has 3 heterocycles. The number of carbonyl (C=O) groups is 2. The Bertz CT molecular complexity index is 1630. The number of halogens is 1. The SMILES string of the molecule is C#CNC(CC(=O)OCC)c1cc(-c2c(C)cccc2C)cc(C)c1F.CN1CCn2c(ccc2C(=O)N2CC3C(C2)C3(C)C)C1. The lowest BCUT2D eigenvalue weighted by Crippen LogP contribution is -2.36. The van der Waals surface area contributed by atoms with Crippen LogP contribution in [0.25, 0.3) is 11.1 Å². The molecule has 3 aromatic rings. The Labute approximate surface area is 273 Å². The van der Waals surface area contributed by atoms with Gasteiger partial charge in [0.25, 0.3) is 5.91 Å². The molecule has 1 amide bonds. The summed E-state index contributed by atoms with van der Waals surface area (Å²) in [5.74, 6) is 0.914. The van der Waals surface area contributed by atoms with Crippen molar-refractivity contribution < 1.29 is 18.7 Å². The second-order valence-electron chi connectivity index (χ2n) is 13.7. The minimum atomic E-state index is -0.651. The van der Waals surface area contributed by atoms with E-state index < -0.39 is 12.0 Å². The standard InChI is InChI=1S/C22H24FNO2.C16H23N3O/c1-6-24-19(13-20(25)26-7-2)18-12-17(11-16(5)22(18)23)21-14(3)9-8-10-15(21)4;1-16(2)12-9-18(10-13(12)16)15(20)14-5-4-11-8-17(3)6-7-19(11)14/h1,8-12,19,24H,7,13H2,2-5H3;4-5,12-13H,6-10H2,1-3H3. The molecule has 244 valence electrons. The Morgan fingerprint density at radius 1 is 1.07 bits per heavy atom. The van der Waals surface area contributed by atoms with Crippen molar-refractivity contribution in [2.75, 3.05) is 33.3 Å². The number of nitrogens with zero attached hydrogens (tertiary/aromatic N) is 3. The van der Waals surface area contributed by atoms with Gasteiger partial charge in [0, 0.05) is 50.0 Å². The number of likely N-dealkylation sites (N-methyl/N-ethyl adjacent to an activating group) is 1. The van der Waals surface area contributed by atoms with E-state index in [2.05, 4.69) is 52.7 Å². The molecule has 8 heteroatoms. The van der Waals surface area contributed by atoms with Crippen molar-refractivity contribution in [1.82, 2.24) is 19.7 Å². The first-order valence-corrected chi connectivity index (χ1v) is 16.3. The van der Waals surface area contributed by atoms with E-state index in [-0.39, 0.29) is 24.8 Å². The molecule has 2 aromatic carbocycles. The molecule has 1 aromatic heterocycles. The molecule has 3 aliphatic rings. The molecule has 1 saturated carbocycles. The molecule has 7 nitrogen and oxygen atoms in total. The number of amides is 1. The molecule has 1 aliphatic carbocycles. The lowest BCUT2D eigenvalue weighted by Gasteiger charge is -2.27. The molecule has 3 atom stereocenters. The van der Waals surface area contributed by atoms with Crippen LogP contribution in [0.1, 0.15) is 71.7 Å². The molecule has 1 N–H and O–H groups in total. The maximum atomic E-state index is 14.8. The number of aryl methyl sites for hydroxylation is 3. The number of nitrogens with one attached hydrogen (secondary N) is 1. The summed E-state index contributed by atoms with van der Waals surface area (Å²) >= 11 is 0. The van der Waals surface area contributed by atoms with E-state index in [0.717, 1.165) is 72.5 Å². The molecule has 3 unspecified atom stereocenters. The van der Waals surface area contributed by atoms with Gasteiger partial charge in [-0.25, -0.2) is 4.39 Å². The van der Waals surface area contributed by atoms with Crippen molar-refractivity contribution in [3.05, 3.63) is 81.9 Å². The second kappa shape index (κ2) is 13.3. The van der Waals surface area contributed by atoms with Crippen LogP contribution in [0, 0.1) is 56.3 Å². The average Bonchev–Trinajstić information content (AvgIpc) is 3.40. The fourth-order valence-electron chi connectivity index (χ4n) is 7.38. The number of fused-ring (bicyclic) bond motifs is 2. The third kappa shape index (κ3) is 6.57. The van der Waals surface area contributed by atoms with Crippen molar-refractivity contribution in [1.29, 1.82) is 0 Å². The molecule has 0 spiro atoms. The second-order valence-corrected chi connectivity index (χ2v) is 13.7. The average molecular weight is 627 g/mol. The zero-order valence-corrected chi connectivity index (χ0v) is 28.2. The quantitative estimate of drug-likeness (QED) is 0.191. The van der Waals surface area contributed by atoms with Crippen LogP contribution in [-0.4, -0.2) is 59.5 Å². The van der Waals surface area contributed by atoms with Gasteiger partial charge in [-0.1, -0.05) is 38.5 Å². The summed E-state index contributed by atoms with van der Waals surface area (Å²) in [5.41, 5.74) is 7.69. The van der Waals surface area contributed by atoms with Crippen molar-refractivity contribution in [2.24, 2.45) is 17.3 Å². The first-order valence-electron chi connectivity index (χ1n) is 16.3.